The van der Waals surface area contributed by atoms with Gasteiger partial charge in [-0.1, -0.05) is 12.2 Å². The number of nitrogens with two attached hydrogens (primary N) is 1. The van der Waals surface area contributed by atoms with E-state index in [2.05, 4.69) is 9.97 Å². The Balaban J connectivity index is 2.50. The van der Waals surface area contributed by atoms with Crippen LogP contribution in [0.5, 0.6) is 0 Å². The van der Waals surface area contributed by atoms with Gasteiger partial charge in [-0.3, -0.25) is 0 Å². The highest BCUT2D eigenvalue weighted by atomic mass is 32.1. The van der Waals surface area contributed by atoms with Crippen LogP contribution in [-0.4, -0.2) is 9.97 Å². The molecule has 0 saturated carbocycles. The van der Waals surface area contributed by atoms with E-state index in [4.69, 9.17) is 18.0 Å². The van der Waals surface area contributed by atoms with E-state index in [-0.39, 0.29) is 0 Å². The number of nitrogens with one attached hydrogen (secondary N) is 1. The molecule has 2 aromatic heterocycles. The Morgan fingerprint density at radius 3 is 3.07 bits per heavy atom. The summed E-state index contributed by atoms with van der Waals surface area (Å²) >= 11 is 6.72. The molecule has 0 fully saturated rings. The van der Waals surface area contributed by atoms with Crippen molar-refractivity contribution in [1.82, 2.24) is 9.97 Å². The van der Waals surface area contributed by atoms with Gasteiger partial charge in [0.05, 0.1) is 5.69 Å². The lowest BCUT2D eigenvalue weighted by Crippen LogP contribution is -1.95. The Bertz CT molecular complexity index is 487. The summed E-state index contributed by atoms with van der Waals surface area (Å²) in [5.41, 5.74) is 7.36. The zero-order valence-electron chi connectivity index (χ0n) is 7.36. The van der Waals surface area contributed by atoms with Crippen molar-refractivity contribution < 1.29 is 0 Å². The number of hydrogen-bond donors (Lipinski definition) is 2. The summed E-state index contributed by atoms with van der Waals surface area (Å²) in [6.07, 6.45) is 1.81. The van der Waals surface area contributed by atoms with Gasteiger partial charge in [0.25, 0.3) is 0 Å². The van der Waals surface area contributed by atoms with Crippen LogP contribution in [0.1, 0.15) is 5.69 Å². The van der Waals surface area contributed by atoms with Crippen LogP contribution >= 0.6 is 23.6 Å². The minimum Gasteiger partial charge on any atom is -0.352 e. The van der Waals surface area contributed by atoms with E-state index in [0.717, 1.165) is 16.3 Å². The third kappa shape index (κ3) is 1.75. The first-order valence-electron chi connectivity index (χ1n) is 4.14. The molecule has 0 saturated heterocycles. The molecule has 14 heavy (non-hydrogen) atoms. The molecular formula is C9H9N3S2. The second-order valence-electron chi connectivity index (χ2n) is 2.76. The first-order valence-corrected chi connectivity index (χ1v) is 5.42. The van der Waals surface area contributed by atoms with Crippen LogP contribution in [0.15, 0.2) is 23.7 Å². The molecule has 0 bridgehead atoms. The largest absolute Gasteiger partial charge is 0.352 e. The highest BCUT2D eigenvalue weighted by molar-refractivity contribution is 7.71. The predicted octanol–water partition coefficient (Wildman–Crippen LogP) is 2.33. The lowest BCUT2D eigenvalue weighted by Gasteiger charge is -1.94. The molecule has 0 amide bonds. The van der Waals surface area contributed by atoms with E-state index in [1.807, 2.05) is 23.7 Å². The number of H-pyrrole nitrogens is 1. The Morgan fingerprint density at radius 1 is 1.57 bits per heavy atom. The molecule has 0 aliphatic rings. The molecule has 3 N–H and O–H groups in total. The van der Waals surface area contributed by atoms with Gasteiger partial charge in [-0.2, -0.15) is 0 Å². The molecule has 2 aromatic rings. The van der Waals surface area contributed by atoms with Crippen molar-refractivity contribution in [1.29, 1.82) is 0 Å². The molecular weight excluding hydrogens is 214 g/mol. The van der Waals surface area contributed by atoms with Crippen molar-refractivity contribution in [3.05, 3.63) is 34.0 Å². The fourth-order valence-electron chi connectivity index (χ4n) is 1.11. The molecule has 0 unspecified atom stereocenters. The molecule has 72 valence electrons. The average molecular weight is 223 g/mol. The fraction of sp³-hybridized carbons (Fsp3) is 0.111. The number of pyridine rings is 1. The number of aromatic nitrogens is 2. The van der Waals surface area contributed by atoms with E-state index in [1.165, 1.54) is 0 Å². The Morgan fingerprint density at radius 2 is 2.43 bits per heavy atom. The van der Waals surface area contributed by atoms with Crippen LogP contribution < -0.4 is 5.73 Å². The third-order valence-electron chi connectivity index (χ3n) is 1.81. The SMILES string of the molecule is NCc1csc(-c2ccc[nH]c2=S)n1. The summed E-state index contributed by atoms with van der Waals surface area (Å²) in [6, 6.07) is 3.87. The number of hydrogen-bond acceptors (Lipinski definition) is 4. The Hall–Kier alpha value is -1.04. The minimum absolute atomic E-state index is 0.472. The van der Waals surface area contributed by atoms with Gasteiger partial charge in [-0.25, -0.2) is 4.98 Å². The minimum atomic E-state index is 0.472. The van der Waals surface area contributed by atoms with Gasteiger partial charge in [0, 0.05) is 23.7 Å². The van der Waals surface area contributed by atoms with Crippen LogP contribution in [0.2, 0.25) is 0 Å². The number of aromatic amines is 1. The molecule has 5 heteroatoms. The van der Waals surface area contributed by atoms with Gasteiger partial charge in [-0.05, 0) is 12.1 Å². The zero-order valence-corrected chi connectivity index (χ0v) is 8.99. The maximum atomic E-state index is 5.49. The molecule has 2 rings (SSSR count). The third-order valence-corrected chi connectivity index (χ3v) is 3.07. The van der Waals surface area contributed by atoms with Crippen LogP contribution in [0, 0.1) is 4.64 Å². The molecule has 3 nitrogen and oxygen atoms in total. The Kier molecular flexibility index (Phi) is 2.72. The van der Waals surface area contributed by atoms with Gasteiger partial charge in [-0.15, -0.1) is 11.3 Å². The van der Waals surface area contributed by atoms with E-state index < -0.39 is 0 Å². The highest BCUT2D eigenvalue weighted by Crippen LogP contribution is 2.23. The van der Waals surface area contributed by atoms with E-state index in [1.54, 1.807) is 11.3 Å². The van der Waals surface area contributed by atoms with Crippen molar-refractivity contribution in [3.8, 4) is 10.6 Å². The molecule has 0 radical (unpaired) electrons. The zero-order chi connectivity index (χ0) is 9.97. The van der Waals surface area contributed by atoms with Crippen molar-refractivity contribution in [3.63, 3.8) is 0 Å². The van der Waals surface area contributed by atoms with E-state index in [0.29, 0.717) is 11.2 Å². The summed E-state index contributed by atoms with van der Waals surface area (Å²) in [5.74, 6) is 0. The van der Waals surface area contributed by atoms with Gasteiger partial charge >= 0.3 is 0 Å². The smallest absolute Gasteiger partial charge is 0.126 e. The van der Waals surface area contributed by atoms with Crippen molar-refractivity contribution >= 4 is 23.6 Å². The van der Waals surface area contributed by atoms with Gasteiger partial charge < -0.3 is 10.7 Å². The maximum Gasteiger partial charge on any atom is 0.126 e. The lowest BCUT2D eigenvalue weighted by atomic mass is 10.3. The summed E-state index contributed by atoms with van der Waals surface area (Å²) in [7, 11) is 0. The van der Waals surface area contributed by atoms with Gasteiger partial charge in [0.1, 0.15) is 9.65 Å². The van der Waals surface area contributed by atoms with Crippen LogP contribution in [0.3, 0.4) is 0 Å². The number of thiazole rings is 1. The molecule has 0 aromatic carbocycles. The first-order chi connectivity index (χ1) is 6.81. The van der Waals surface area contributed by atoms with Crippen molar-refractivity contribution in [2.24, 2.45) is 5.73 Å². The molecule has 0 aliphatic carbocycles. The quantitative estimate of drug-likeness (QED) is 0.768. The van der Waals surface area contributed by atoms with E-state index in [9.17, 15) is 0 Å². The van der Waals surface area contributed by atoms with Crippen molar-refractivity contribution in [2.45, 2.75) is 6.54 Å². The monoisotopic (exact) mass is 223 g/mol. The maximum absolute atomic E-state index is 5.49. The predicted molar refractivity (Wildman–Crippen MR) is 60.6 cm³/mol. The summed E-state index contributed by atoms with van der Waals surface area (Å²) in [5, 5.41) is 2.88. The number of rotatable bonds is 2. The highest BCUT2D eigenvalue weighted by Gasteiger charge is 2.04. The Labute approximate surface area is 90.6 Å². The van der Waals surface area contributed by atoms with Crippen LogP contribution in [0.25, 0.3) is 10.6 Å². The fourth-order valence-corrected chi connectivity index (χ4v) is 2.28. The van der Waals surface area contributed by atoms with E-state index >= 15 is 0 Å². The second-order valence-corrected chi connectivity index (χ2v) is 4.03. The van der Waals surface area contributed by atoms with Crippen LogP contribution in [0.4, 0.5) is 0 Å². The van der Waals surface area contributed by atoms with Crippen LogP contribution in [-0.2, 0) is 6.54 Å². The molecule has 0 spiro atoms. The first kappa shape index (κ1) is 9.51. The summed E-state index contributed by atoms with van der Waals surface area (Å²) in [6.45, 7) is 0.472. The van der Waals surface area contributed by atoms with Crippen molar-refractivity contribution in [2.75, 3.05) is 0 Å². The lowest BCUT2D eigenvalue weighted by molar-refractivity contribution is 1.01. The summed E-state index contributed by atoms with van der Waals surface area (Å²) in [4.78, 5) is 7.34. The molecule has 0 aliphatic heterocycles. The second kappa shape index (κ2) is 4.00. The average Bonchev–Trinajstić information content (AvgIpc) is 2.67. The van der Waals surface area contributed by atoms with Gasteiger partial charge in [0.2, 0.25) is 0 Å². The van der Waals surface area contributed by atoms with Gasteiger partial charge in [0.15, 0.2) is 0 Å². The topological polar surface area (TPSA) is 54.7 Å². The normalized spacial score (nSPS) is 10.4. The number of nitrogens with zero attached hydrogens (tertiary/aromatic N) is 1. The molecule has 0 atom stereocenters. The summed E-state index contributed by atoms with van der Waals surface area (Å²) < 4.78 is 0.713. The molecule has 2 heterocycles. The standard InChI is InChI=1S/C9H9N3S2/c10-4-6-5-14-9(12-6)7-2-1-3-11-8(7)13/h1-3,5H,4,10H2,(H,11,13).